The van der Waals surface area contributed by atoms with Gasteiger partial charge in [0.2, 0.25) is 0 Å². The van der Waals surface area contributed by atoms with Crippen molar-refractivity contribution in [2.45, 2.75) is 6.61 Å². The standard InChI is InChI=1S/C23H21ClN2O4/c1-28-20-9-11-21(12-10-20)30-16-23(27)26-25-14-18-3-2-4-22(13-18)29-15-17-5-7-19(24)8-6-17/h2-14H,15-16H2,1H3,(H,26,27). The van der Waals surface area contributed by atoms with E-state index in [0.717, 1.165) is 16.9 Å². The average molecular weight is 425 g/mol. The minimum absolute atomic E-state index is 0.145. The molecule has 1 N–H and O–H groups in total. The molecule has 0 radical (unpaired) electrons. The summed E-state index contributed by atoms with van der Waals surface area (Å²) in [4.78, 5) is 11.9. The lowest BCUT2D eigenvalue weighted by Crippen LogP contribution is -2.24. The van der Waals surface area contributed by atoms with Gasteiger partial charge in [0.15, 0.2) is 6.61 Å². The lowest BCUT2D eigenvalue weighted by atomic mass is 10.2. The quantitative estimate of drug-likeness (QED) is 0.407. The van der Waals surface area contributed by atoms with E-state index in [1.165, 1.54) is 0 Å². The Morgan fingerprint density at radius 2 is 1.70 bits per heavy atom. The van der Waals surface area contributed by atoms with Crippen molar-refractivity contribution in [3.63, 3.8) is 0 Å². The van der Waals surface area contributed by atoms with Gasteiger partial charge < -0.3 is 14.2 Å². The summed E-state index contributed by atoms with van der Waals surface area (Å²) in [6.45, 7) is 0.283. The fourth-order valence-electron chi connectivity index (χ4n) is 2.46. The Morgan fingerprint density at radius 1 is 0.967 bits per heavy atom. The molecule has 0 fully saturated rings. The number of nitrogens with zero attached hydrogens (tertiary/aromatic N) is 1. The zero-order valence-electron chi connectivity index (χ0n) is 16.4. The van der Waals surface area contributed by atoms with Crippen molar-refractivity contribution in [2.24, 2.45) is 5.10 Å². The number of methoxy groups -OCH3 is 1. The first kappa shape index (κ1) is 21.2. The first-order chi connectivity index (χ1) is 14.6. The molecule has 0 saturated heterocycles. The summed E-state index contributed by atoms with van der Waals surface area (Å²) in [5.74, 6) is 1.62. The molecule has 0 aliphatic heterocycles. The van der Waals surface area contributed by atoms with Crippen molar-refractivity contribution in [1.82, 2.24) is 5.43 Å². The average Bonchev–Trinajstić information content (AvgIpc) is 2.78. The van der Waals surface area contributed by atoms with Crippen LogP contribution in [0.3, 0.4) is 0 Å². The summed E-state index contributed by atoms with van der Waals surface area (Å²) in [7, 11) is 1.59. The third-order valence-corrected chi connectivity index (χ3v) is 4.26. The molecule has 0 spiro atoms. The van der Waals surface area contributed by atoms with Crippen LogP contribution in [0.1, 0.15) is 11.1 Å². The molecule has 0 bridgehead atoms. The van der Waals surface area contributed by atoms with Crippen molar-refractivity contribution < 1.29 is 19.0 Å². The Bertz CT molecular complexity index is 989. The van der Waals surface area contributed by atoms with Crippen LogP contribution in [-0.2, 0) is 11.4 Å². The number of benzene rings is 3. The van der Waals surface area contributed by atoms with Crippen molar-refractivity contribution in [3.05, 3.63) is 88.9 Å². The summed E-state index contributed by atoms with van der Waals surface area (Å²) in [5.41, 5.74) is 4.24. The van der Waals surface area contributed by atoms with E-state index in [4.69, 9.17) is 25.8 Å². The number of hydrazone groups is 1. The second-order valence-corrected chi connectivity index (χ2v) is 6.68. The van der Waals surface area contributed by atoms with Crippen LogP contribution in [0, 0.1) is 0 Å². The van der Waals surface area contributed by atoms with E-state index in [0.29, 0.717) is 23.1 Å². The molecule has 0 saturated carbocycles. The number of rotatable bonds is 9. The maximum Gasteiger partial charge on any atom is 0.277 e. The number of amides is 1. The number of hydrogen-bond acceptors (Lipinski definition) is 5. The van der Waals surface area contributed by atoms with Gasteiger partial charge in [0.25, 0.3) is 5.91 Å². The Kier molecular flexibility index (Phi) is 7.69. The maximum atomic E-state index is 11.9. The minimum Gasteiger partial charge on any atom is -0.497 e. The molecule has 1 amide bonds. The fraction of sp³-hybridized carbons (Fsp3) is 0.130. The number of carbonyl (C=O) groups is 1. The lowest BCUT2D eigenvalue weighted by molar-refractivity contribution is -0.123. The summed E-state index contributed by atoms with van der Waals surface area (Å²) >= 11 is 5.88. The highest BCUT2D eigenvalue weighted by Gasteiger charge is 2.02. The minimum atomic E-state index is -0.364. The van der Waals surface area contributed by atoms with Crippen LogP contribution in [-0.4, -0.2) is 25.8 Å². The number of ether oxygens (including phenoxy) is 3. The van der Waals surface area contributed by atoms with Gasteiger partial charge in [0, 0.05) is 5.02 Å². The molecule has 7 heteroatoms. The van der Waals surface area contributed by atoms with E-state index in [9.17, 15) is 4.79 Å². The van der Waals surface area contributed by atoms with Gasteiger partial charge in [-0.05, 0) is 59.7 Å². The highest BCUT2D eigenvalue weighted by molar-refractivity contribution is 6.30. The number of halogens is 1. The van der Waals surface area contributed by atoms with E-state index in [2.05, 4.69) is 10.5 Å². The van der Waals surface area contributed by atoms with E-state index in [1.54, 1.807) is 37.6 Å². The molecule has 3 aromatic carbocycles. The monoisotopic (exact) mass is 424 g/mol. The van der Waals surface area contributed by atoms with Crippen LogP contribution in [0.4, 0.5) is 0 Å². The highest BCUT2D eigenvalue weighted by Crippen LogP contribution is 2.17. The molecule has 3 aromatic rings. The van der Waals surface area contributed by atoms with Crippen molar-refractivity contribution >= 4 is 23.7 Å². The number of nitrogens with one attached hydrogen (secondary N) is 1. The van der Waals surface area contributed by atoms with Gasteiger partial charge in [0.1, 0.15) is 23.9 Å². The van der Waals surface area contributed by atoms with Crippen molar-refractivity contribution in [2.75, 3.05) is 13.7 Å². The maximum absolute atomic E-state index is 11.9. The molecular weight excluding hydrogens is 404 g/mol. The third kappa shape index (κ3) is 6.83. The van der Waals surface area contributed by atoms with Gasteiger partial charge in [-0.1, -0.05) is 35.9 Å². The third-order valence-electron chi connectivity index (χ3n) is 4.01. The predicted molar refractivity (Wildman–Crippen MR) is 116 cm³/mol. The fourth-order valence-corrected chi connectivity index (χ4v) is 2.59. The molecule has 0 aliphatic rings. The van der Waals surface area contributed by atoms with Gasteiger partial charge in [-0.25, -0.2) is 5.43 Å². The summed E-state index contributed by atoms with van der Waals surface area (Å²) < 4.78 is 16.3. The summed E-state index contributed by atoms with van der Waals surface area (Å²) in [6, 6.07) is 21.8. The van der Waals surface area contributed by atoms with Crippen molar-refractivity contribution in [3.8, 4) is 17.2 Å². The topological polar surface area (TPSA) is 69.2 Å². The highest BCUT2D eigenvalue weighted by atomic mass is 35.5. The van der Waals surface area contributed by atoms with E-state index < -0.39 is 0 Å². The summed E-state index contributed by atoms with van der Waals surface area (Å²) in [6.07, 6.45) is 1.54. The van der Waals surface area contributed by atoms with Gasteiger partial charge >= 0.3 is 0 Å². The summed E-state index contributed by atoms with van der Waals surface area (Å²) in [5, 5.41) is 4.64. The second kappa shape index (κ2) is 10.9. The smallest absolute Gasteiger partial charge is 0.277 e. The van der Waals surface area contributed by atoms with Gasteiger partial charge in [0.05, 0.1) is 13.3 Å². The molecular formula is C23H21ClN2O4. The molecule has 0 aromatic heterocycles. The first-order valence-electron chi connectivity index (χ1n) is 9.18. The molecule has 0 heterocycles. The largest absolute Gasteiger partial charge is 0.497 e. The molecule has 0 unspecified atom stereocenters. The van der Waals surface area contributed by atoms with Crippen LogP contribution in [0.15, 0.2) is 77.9 Å². The van der Waals surface area contributed by atoms with Crippen LogP contribution in [0.5, 0.6) is 17.2 Å². The SMILES string of the molecule is COc1ccc(OCC(=O)NN=Cc2cccc(OCc3ccc(Cl)cc3)c2)cc1. The van der Waals surface area contributed by atoms with Crippen LogP contribution in [0.2, 0.25) is 5.02 Å². The van der Waals surface area contributed by atoms with Gasteiger partial charge in [-0.2, -0.15) is 5.10 Å². The van der Waals surface area contributed by atoms with Crippen LogP contribution in [0.25, 0.3) is 0 Å². The van der Waals surface area contributed by atoms with E-state index >= 15 is 0 Å². The lowest BCUT2D eigenvalue weighted by Gasteiger charge is -2.07. The van der Waals surface area contributed by atoms with Gasteiger partial charge in [-0.3, -0.25) is 4.79 Å². The molecule has 0 aliphatic carbocycles. The zero-order valence-corrected chi connectivity index (χ0v) is 17.1. The molecule has 6 nitrogen and oxygen atoms in total. The molecule has 0 atom stereocenters. The predicted octanol–water partition coefficient (Wildman–Crippen LogP) is 4.46. The molecule has 30 heavy (non-hydrogen) atoms. The molecule has 3 rings (SSSR count). The van der Waals surface area contributed by atoms with Crippen LogP contribution < -0.4 is 19.6 Å². The number of hydrogen-bond donors (Lipinski definition) is 1. The van der Waals surface area contributed by atoms with E-state index in [1.807, 2.05) is 48.5 Å². The Labute approximate surface area is 180 Å². The van der Waals surface area contributed by atoms with E-state index in [-0.39, 0.29) is 12.5 Å². The van der Waals surface area contributed by atoms with Crippen LogP contribution >= 0.6 is 11.6 Å². The first-order valence-corrected chi connectivity index (χ1v) is 9.56. The zero-order chi connectivity index (χ0) is 21.2. The van der Waals surface area contributed by atoms with Crippen molar-refractivity contribution in [1.29, 1.82) is 0 Å². The Hall–Kier alpha value is -3.51. The normalized spacial score (nSPS) is 10.6. The second-order valence-electron chi connectivity index (χ2n) is 6.25. The van der Waals surface area contributed by atoms with Gasteiger partial charge in [-0.15, -0.1) is 0 Å². The Balaban J connectivity index is 1.45. The number of carbonyl (C=O) groups excluding carboxylic acids is 1. The molecule has 154 valence electrons. The Morgan fingerprint density at radius 3 is 2.43 bits per heavy atom.